The van der Waals surface area contributed by atoms with Gasteiger partial charge in [0.25, 0.3) is 0 Å². The molecular weight excluding hydrogens is 1180 g/mol. The summed E-state index contributed by atoms with van der Waals surface area (Å²) in [6.45, 7) is 12.7. The highest BCUT2D eigenvalue weighted by molar-refractivity contribution is 5.32. The Labute approximate surface area is 517 Å². The molecular formula is C60H102O29. The van der Waals surface area contributed by atoms with Gasteiger partial charge in [-0.1, -0.05) is 53.2 Å². The molecule has 4 aliphatic carbocycles. The summed E-state index contributed by atoms with van der Waals surface area (Å²) in [5.74, 6) is 0.0910. The van der Waals surface area contributed by atoms with Crippen LogP contribution in [0.25, 0.3) is 0 Å². The monoisotopic (exact) mass is 1290 g/mol. The first-order valence-corrected chi connectivity index (χ1v) is 31.6. The van der Waals surface area contributed by atoms with Gasteiger partial charge in [-0.3, -0.25) is 0 Å². The fourth-order valence-corrected chi connectivity index (χ4v) is 17.0. The maximum Gasteiger partial charge on any atom is 0.187 e. The van der Waals surface area contributed by atoms with Crippen LogP contribution in [0.4, 0.5) is 0 Å². The number of hydrogen-bond acceptors (Lipinski definition) is 29. The van der Waals surface area contributed by atoms with Gasteiger partial charge in [0.2, 0.25) is 0 Å². The molecule has 0 aromatic rings. The number of aliphatic hydroxyl groups is 19. The Morgan fingerprint density at radius 3 is 1.46 bits per heavy atom. The standard InChI is InChI=1S/C60H102O29/c1-23(9-13-35(57(4,5)79)88-55-50(45(74)38(67)29(20-63)84-55)89-54-49(78)42(71)37(66)28(19-62)83-54)24-15-16-58(6)32-12-10-25-26(60(32,8)33(64)17-59(24,58)7)11-14-34(56(25,2)3)87-53-48(77)44(73)40(69)31(86-53)22-81-52-47(76)43(72)39(68)30(85-52)21-80-51-46(75)41(70)36(65)27(18-61)82-51/h10,23-24,26-55,61-79H,9,11-22H2,1-8H3/t23-,24?,26?,27-,28-,29-,30-,31-,32?,33-,34+,35-,36-,37-,38-,39-,40-,41+,42+,43+,44+,45+,46-,47-,48-,49-,50-,51?,52+,53+,54+,55+,58+,59-,60+/m1/s1. The molecule has 0 spiro atoms. The lowest BCUT2D eigenvalue weighted by Crippen LogP contribution is -2.65. The predicted molar refractivity (Wildman–Crippen MR) is 300 cm³/mol. The van der Waals surface area contributed by atoms with E-state index in [1.54, 1.807) is 13.8 Å². The number of ether oxygens (including phenoxy) is 10. The van der Waals surface area contributed by atoms with Crippen molar-refractivity contribution in [3.8, 4) is 0 Å². The molecule has 516 valence electrons. The molecule has 5 saturated heterocycles. The molecule has 0 aromatic heterocycles. The van der Waals surface area contributed by atoms with Gasteiger partial charge in [0.1, 0.15) is 122 Å². The van der Waals surface area contributed by atoms with E-state index in [0.29, 0.717) is 32.1 Å². The van der Waals surface area contributed by atoms with Crippen LogP contribution in [0.3, 0.4) is 0 Å². The molecule has 29 nitrogen and oxygen atoms in total. The van der Waals surface area contributed by atoms with Gasteiger partial charge in [-0.15, -0.1) is 0 Å². The average molecular weight is 1290 g/mol. The first-order chi connectivity index (χ1) is 41.6. The molecule has 9 aliphatic rings. The van der Waals surface area contributed by atoms with E-state index in [0.717, 1.165) is 18.4 Å². The van der Waals surface area contributed by atoms with Gasteiger partial charge >= 0.3 is 0 Å². The average Bonchev–Trinajstić information content (AvgIpc) is 1.66. The zero-order valence-electron chi connectivity index (χ0n) is 51.8. The topological polar surface area (TPSA) is 477 Å². The first kappa shape index (κ1) is 71.9. The molecule has 0 amide bonds. The zero-order chi connectivity index (χ0) is 65.5. The zero-order valence-corrected chi connectivity index (χ0v) is 51.8. The number of hydrogen-bond donors (Lipinski definition) is 19. The summed E-state index contributed by atoms with van der Waals surface area (Å²) in [5.41, 5.74) is -2.36. The minimum Gasteiger partial charge on any atom is -0.394 e. The molecule has 0 bridgehead atoms. The van der Waals surface area contributed by atoms with Crippen molar-refractivity contribution in [1.29, 1.82) is 0 Å². The summed E-state index contributed by atoms with van der Waals surface area (Å²) < 4.78 is 59.0. The van der Waals surface area contributed by atoms with E-state index < -0.39 is 221 Å². The summed E-state index contributed by atoms with van der Waals surface area (Å²) in [5, 5.41) is 205. The molecule has 5 aliphatic heterocycles. The predicted octanol–water partition coefficient (Wildman–Crippen LogP) is -5.41. The second kappa shape index (κ2) is 27.6. The van der Waals surface area contributed by atoms with Crippen LogP contribution in [-0.4, -0.2) is 308 Å². The Kier molecular flexibility index (Phi) is 22.3. The van der Waals surface area contributed by atoms with Crippen LogP contribution in [0.1, 0.15) is 107 Å². The van der Waals surface area contributed by atoms with E-state index in [9.17, 15) is 97.0 Å². The van der Waals surface area contributed by atoms with Crippen molar-refractivity contribution in [2.24, 2.45) is 45.3 Å². The Morgan fingerprint density at radius 1 is 0.517 bits per heavy atom. The molecule has 0 radical (unpaired) electrons. The molecule has 35 atom stereocenters. The summed E-state index contributed by atoms with van der Waals surface area (Å²) >= 11 is 0. The van der Waals surface area contributed by atoms with E-state index in [1.807, 2.05) is 13.8 Å². The lowest BCUT2D eigenvalue weighted by Gasteiger charge is -2.67. The maximum atomic E-state index is 12.8. The normalized spacial score (nSPS) is 51.8. The van der Waals surface area contributed by atoms with Gasteiger partial charge in [-0.05, 0) is 99.7 Å². The van der Waals surface area contributed by atoms with Crippen molar-refractivity contribution in [2.45, 2.75) is 284 Å². The van der Waals surface area contributed by atoms with E-state index >= 15 is 0 Å². The van der Waals surface area contributed by atoms with Crippen molar-refractivity contribution < 1.29 is 144 Å². The van der Waals surface area contributed by atoms with E-state index in [4.69, 9.17) is 47.4 Å². The van der Waals surface area contributed by atoms with Crippen molar-refractivity contribution >= 4 is 0 Å². The summed E-state index contributed by atoms with van der Waals surface area (Å²) in [7, 11) is 0. The smallest absolute Gasteiger partial charge is 0.187 e. The van der Waals surface area contributed by atoms with Gasteiger partial charge in [0.15, 0.2) is 31.5 Å². The molecule has 8 fully saturated rings. The Balaban J connectivity index is 0.839. The van der Waals surface area contributed by atoms with Gasteiger partial charge in [-0.25, -0.2) is 0 Å². The van der Waals surface area contributed by atoms with Crippen molar-refractivity contribution in [2.75, 3.05) is 33.0 Å². The Hall–Kier alpha value is -1.42. The lowest BCUT2D eigenvalue weighted by atomic mass is 9.38. The molecule has 3 saturated carbocycles. The largest absolute Gasteiger partial charge is 0.394 e. The van der Waals surface area contributed by atoms with Gasteiger partial charge in [0.05, 0.1) is 56.9 Å². The van der Waals surface area contributed by atoms with Crippen LogP contribution >= 0.6 is 0 Å². The Morgan fingerprint density at radius 2 is 0.955 bits per heavy atom. The lowest BCUT2D eigenvalue weighted by molar-refractivity contribution is -0.375. The van der Waals surface area contributed by atoms with Crippen LogP contribution in [0, 0.1) is 45.3 Å². The second-order valence-electron chi connectivity index (χ2n) is 28.7. The van der Waals surface area contributed by atoms with E-state index in [1.165, 1.54) is 0 Å². The third-order valence-corrected chi connectivity index (χ3v) is 22.9. The summed E-state index contributed by atoms with van der Waals surface area (Å²) in [6.07, 6.45) is -36.9. The molecule has 4 unspecified atom stereocenters. The van der Waals surface area contributed by atoms with Gasteiger partial charge in [-0.2, -0.15) is 0 Å². The van der Waals surface area contributed by atoms with Crippen molar-refractivity contribution in [3.63, 3.8) is 0 Å². The maximum absolute atomic E-state index is 12.8. The molecule has 19 N–H and O–H groups in total. The second-order valence-corrected chi connectivity index (χ2v) is 28.7. The van der Waals surface area contributed by atoms with Gasteiger partial charge in [0, 0.05) is 10.8 Å². The quantitative estimate of drug-likeness (QED) is 0.0506. The highest BCUT2D eigenvalue weighted by Gasteiger charge is 2.70. The molecule has 89 heavy (non-hydrogen) atoms. The molecule has 5 heterocycles. The highest BCUT2D eigenvalue weighted by atomic mass is 16.8. The molecule has 29 heteroatoms. The minimum atomic E-state index is -1.87. The molecule has 0 aromatic carbocycles. The van der Waals surface area contributed by atoms with Gasteiger partial charge < -0.3 is 144 Å². The number of allylic oxidation sites excluding steroid dienone is 1. The highest BCUT2D eigenvalue weighted by Crippen LogP contribution is 2.75. The summed E-state index contributed by atoms with van der Waals surface area (Å²) in [6, 6.07) is 0. The molecule has 9 rings (SSSR count). The SMILES string of the molecule is C[C@H](CC[C@@H](O[C@@H]1O[C@H](CO)[C@@H](O)[C@H](O)[C@H]1O[C@@H]1O[C@H](CO)[C@@H](O)[C@H](O)[C@H]1O)C(C)(C)O)C1CC[C@@]2(C)C3CC=C4C(CC[C@H](O[C@@H]5O[C@H](CO[C@H]6O[C@H](COC7O[C@H](CO)[C@@H](O)[C@H](O)[C@H]7O)[C@@H](O)[C@H](O)[C@H]6O)[C@@H](O)[C@H](O)[C@H]5O)C4(C)C)[C@]3(C)[C@H](O)C[C@]12C. The van der Waals surface area contributed by atoms with Crippen molar-refractivity contribution in [3.05, 3.63) is 11.6 Å². The summed E-state index contributed by atoms with van der Waals surface area (Å²) in [4.78, 5) is 0. The van der Waals surface area contributed by atoms with Crippen LogP contribution in [-0.2, 0) is 47.4 Å². The number of rotatable bonds is 20. The van der Waals surface area contributed by atoms with Crippen molar-refractivity contribution in [1.82, 2.24) is 0 Å². The van der Waals surface area contributed by atoms with Crippen LogP contribution < -0.4 is 0 Å². The van der Waals surface area contributed by atoms with E-state index in [-0.39, 0.29) is 40.9 Å². The first-order valence-electron chi connectivity index (χ1n) is 31.6. The number of aliphatic hydroxyl groups excluding tert-OH is 18. The minimum absolute atomic E-state index is 0.0182. The number of fused-ring (bicyclic) bond motifs is 5. The fourth-order valence-electron chi connectivity index (χ4n) is 17.0. The van der Waals surface area contributed by atoms with E-state index in [2.05, 4.69) is 33.8 Å². The fraction of sp³-hybridized carbons (Fsp3) is 0.967. The third-order valence-electron chi connectivity index (χ3n) is 22.9. The third kappa shape index (κ3) is 13.1. The Bertz CT molecular complexity index is 2350. The van der Waals surface area contributed by atoms with Crippen LogP contribution in [0.15, 0.2) is 11.6 Å². The van der Waals surface area contributed by atoms with Crippen LogP contribution in [0.5, 0.6) is 0 Å². The van der Waals surface area contributed by atoms with Crippen LogP contribution in [0.2, 0.25) is 0 Å².